The molecule has 3 atom stereocenters. The first-order valence-corrected chi connectivity index (χ1v) is 14.5. The molecule has 1 nitrogen and oxygen atoms in total. The second-order valence-electron chi connectivity index (χ2n) is 11.3. The number of aryl methyl sites for hydroxylation is 1. The summed E-state index contributed by atoms with van der Waals surface area (Å²) < 4.78 is 0. The third kappa shape index (κ3) is 9.47. The minimum Gasteiger partial charge on any atom is -0.508 e. The van der Waals surface area contributed by atoms with Gasteiger partial charge in [-0.1, -0.05) is 121 Å². The van der Waals surface area contributed by atoms with E-state index in [1.54, 1.807) is 6.07 Å². The largest absolute Gasteiger partial charge is 0.508 e. The molecular formula is C33H50O. The Morgan fingerprint density at radius 2 is 1.44 bits per heavy atom. The van der Waals surface area contributed by atoms with Gasteiger partial charge < -0.3 is 5.11 Å². The highest BCUT2D eigenvalue weighted by molar-refractivity contribution is 5.27. The summed E-state index contributed by atoms with van der Waals surface area (Å²) in [5, 5.41) is 9.60. The highest BCUT2D eigenvalue weighted by Gasteiger charge is 2.28. The van der Waals surface area contributed by atoms with Crippen molar-refractivity contribution in [3.8, 4) is 5.75 Å². The Labute approximate surface area is 210 Å². The van der Waals surface area contributed by atoms with Crippen LogP contribution in [-0.4, -0.2) is 5.11 Å². The number of unbranched alkanes of at least 4 members (excludes halogenated alkanes) is 5. The molecule has 0 aliphatic heterocycles. The fourth-order valence-electron chi connectivity index (χ4n) is 6.35. The van der Waals surface area contributed by atoms with Crippen molar-refractivity contribution in [3.05, 3.63) is 65.7 Å². The van der Waals surface area contributed by atoms with Gasteiger partial charge in [-0.2, -0.15) is 0 Å². The fraction of sp³-hybridized carbons (Fsp3) is 0.636. The van der Waals surface area contributed by atoms with Crippen molar-refractivity contribution in [1.82, 2.24) is 0 Å². The molecule has 1 saturated carbocycles. The maximum atomic E-state index is 9.60. The van der Waals surface area contributed by atoms with Gasteiger partial charge in [-0.3, -0.25) is 0 Å². The molecule has 0 spiro atoms. The van der Waals surface area contributed by atoms with Gasteiger partial charge >= 0.3 is 0 Å². The van der Waals surface area contributed by atoms with Crippen LogP contribution in [0.1, 0.15) is 121 Å². The first kappa shape index (κ1) is 26.8. The lowest BCUT2D eigenvalue weighted by atomic mass is 9.71. The molecule has 0 bridgehead atoms. The van der Waals surface area contributed by atoms with Gasteiger partial charge in [-0.25, -0.2) is 0 Å². The highest BCUT2D eigenvalue weighted by Crippen LogP contribution is 2.39. The van der Waals surface area contributed by atoms with Crippen molar-refractivity contribution >= 4 is 0 Å². The molecule has 1 aliphatic carbocycles. The van der Waals surface area contributed by atoms with Crippen LogP contribution in [0, 0.1) is 17.8 Å². The van der Waals surface area contributed by atoms with Gasteiger partial charge in [0.05, 0.1) is 0 Å². The number of benzene rings is 2. The normalized spacial score (nSPS) is 17.4. The predicted octanol–water partition coefficient (Wildman–Crippen LogP) is 10.1. The number of aromatic hydroxyl groups is 1. The molecule has 0 amide bonds. The van der Waals surface area contributed by atoms with Crippen LogP contribution in [0.5, 0.6) is 5.75 Å². The average Bonchev–Trinajstić information content (AvgIpc) is 2.87. The number of phenolic OH excluding ortho intramolecular Hbond substituents is 1. The molecule has 1 N–H and O–H groups in total. The van der Waals surface area contributed by atoms with Crippen molar-refractivity contribution in [2.75, 3.05) is 0 Å². The average molecular weight is 463 g/mol. The van der Waals surface area contributed by atoms with Gasteiger partial charge in [0, 0.05) is 0 Å². The van der Waals surface area contributed by atoms with Crippen LogP contribution in [0.25, 0.3) is 0 Å². The van der Waals surface area contributed by atoms with Crippen LogP contribution in [-0.2, 0) is 6.42 Å². The van der Waals surface area contributed by atoms with E-state index in [4.69, 9.17) is 0 Å². The molecule has 1 heteroatoms. The smallest absolute Gasteiger partial charge is 0.115 e. The third-order valence-corrected chi connectivity index (χ3v) is 8.57. The lowest BCUT2D eigenvalue weighted by molar-refractivity contribution is 0.162. The summed E-state index contributed by atoms with van der Waals surface area (Å²) in [4.78, 5) is 0. The molecule has 34 heavy (non-hydrogen) atoms. The quantitative estimate of drug-likeness (QED) is 0.261. The first-order chi connectivity index (χ1) is 16.6. The van der Waals surface area contributed by atoms with E-state index in [0.29, 0.717) is 11.7 Å². The van der Waals surface area contributed by atoms with Gasteiger partial charge in [0.25, 0.3) is 0 Å². The summed E-state index contributed by atoms with van der Waals surface area (Å²) in [6.07, 6.45) is 20.7. The first-order valence-electron chi connectivity index (χ1n) is 14.5. The van der Waals surface area contributed by atoms with E-state index >= 15 is 0 Å². The predicted molar refractivity (Wildman–Crippen MR) is 147 cm³/mol. The van der Waals surface area contributed by atoms with E-state index in [0.717, 1.165) is 24.2 Å². The third-order valence-electron chi connectivity index (χ3n) is 8.57. The van der Waals surface area contributed by atoms with E-state index in [2.05, 4.69) is 50.2 Å². The van der Waals surface area contributed by atoms with E-state index < -0.39 is 0 Å². The summed E-state index contributed by atoms with van der Waals surface area (Å²) in [5.41, 5.74) is 2.78. The Hall–Kier alpha value is -1.76. The molecule has 0 saturated heterocycles. The summed E-state index contributed by atoms with van der Waals surface area (Å²) in [6.45, 7) is 4.98. The molecule has 0 radical (unpaired) electrons. The molecule has 1 fully saturated rings. The zero-order chi connectivity index (χ0) is 24.0. The van der Waals surface area contributed by atoms with E-state index in [1.807, 2.05) is 12.1 Å². The SMILES string of the molecule is CC(CCC(C)C(CCCCCCCCc1cccc(O)c1)C1CCCCC1)c1ccccc1. The van der Waals surface area contributed by atoms with Crippen molar-refractivity contribution in [1.29, 1.82) is 0 Å². The van der Waals surface area contributed by atoms with Gasteiger partial charge in [0.1, 0.15) is 5.75 Å². The minimum atomic E-state index is 0.397. The van der Waals surface area contributed by atoms with Crippen LogP contribution >= 0.6 is 0 Å². The Morgan fingerprint density at radius 1 is 0.735 bits per heavy atom. The summed E-state index contributed by atoms with van der Waals surface area (Å²) >= 11 is 0. The molecule has 188 valence electrons. The van der Waals surface area contributed by atoms with Crippen molar-refractivity contribution < 1.29 is 5.11 Å². The Balaban J connectivity index is 1.35. The van der Waals surface area contributed by atoms with Crippen LogP contribution in [0.4, 0.5) is 0 Å². The minimum absolute atomic E-state index is 0.397. The molecule has 2 aromatic rings. The topological polar surface area (TPSA) is 20.2 Å². The maximum Gasteiger partial charge on any atom is 0.115 e. The molecular weight excluding hydrogens is 412 g/mol. The summed E-state index contributed by atoms with van der Waals surface area (Å²) in [5.74, 6) is 3.85. The zero-order valence-electron chi connectivity index (χ0n) is 22.1. The molecule has 0 heterocycles. The standard InChI is InChI=1S/C33H50O/c1-27(30-18-10-7-11-19-30)24-25-28(2)33(31-20-12-8-13-21-31)23-14-6-4-3-5-9-16-29-17-15-22-32(34)26-29/h7,10-11,15,17-19,22,26-28,31,33-34H,3-6,8-9,12-14,16,20-21,23-25H2,1-2H3. The van der Waals surface area contributed by atoms with Crippen LogP contribution in [0.3, 0.4) is 0 Å². The van der Waals surface area contributed by atoms with E-state index in [1.165, 1.54) is 101 Å². The Bertz CT molecular complexity index is 776. The van der Waals surface area contributed by atoms with Crippen molar-refractivity contribution in [3.63, 3.8) is 0 Å². The number of hydrogen-bond acceptors (Lipinski definition) is 1. The Morgan fingerprint density at radius 3 is 2.18 bits per heavy atom. The van der Waals surface area contributed by atoms with Gasteiger partial charge in [-0.15, -0.1) is 0 Å². The van der Waals surface area contributed by atoms with Crippen LogP contribution in [0.15, 0.2) is 54.6 Å². The number of hydrogen-bond donors (Lipinski definition) is 1. The van der Waals surface area contributed by atoms with Crippen LogP contribution in [0.2, 0.25) is 0 Å². The second-order valence-corrected chi connectivity index (χ2v) is 11.3. The molecule has 3 rings (SSSR count). The molecule has 0 aromatic heterocycles. The van der Waals surface area contributed by atoms with E-state index in [-0.39, 0.29) is 0 Å². The van der Waals surface area contributed by atoms with Gasteiger partial charge in [-0.05, 0) is 79.0 Å². The fourth-order valence-corrected chi connectivity index (χ4v) is 6.35. The van der Waals surface area contributed by atoms with Crippen molar-refractivity contribution in [2.24, 2.45) is 17.8 Å². The zero-order valence-corrected chi connectivity index (χ0v) is 22.1. The monoisotopic (exact) mass is 462 g/mol. The molecule has 2 aromatic carbocycles. The van der Waals surface area contributed by atoms with Gasteiger partial charge in [0.15, 0.2) is 0 Å². The lowest BCUT2D eigenvalue weighted by Gasteiger charge is -2.35. The molecule has 1 aliphatic rings. The second kappa shape index (κ2) is 15.3. The maximum absolute atomic E-state index is 9.60. The summed E-state index contributed by atoms with van der Waals surface area (Å²) in [6, 6.07) is 18.9. The lowest BCUT2D eigenvalue weighted by Crippen LogP contribution is -2.24. The van der Waals surface area contributed by atoms with Crippen LogP contribution < -0.4 is 0 Å². The molecule has 3 unspecified atom stereocenters. The van der Waals surface area contributed by atoms with Gasteiger partial charge in [0.2, 0.25) is 0 Å². The summed E-state index contributed by atoms with van der Waals surface area (Å²) in [7, 11) is 0. The number of phenols is 1. The number of rotatable bonds is 15. The van der Waals surface area contributed by atoms with Crippen molar-refractivity contribution in [2.45, 2.75) is 116 Å². The Kier molecular flexibility index (Phi) is 12.1. The highest BCUT2D eigenvalue weighted by atomic mass is 16.3. The van der Waals surface area contributed by atoms with E-state index in [9.17, 15) is 5.11 Å².